The molecule has 0 saturated carbocycles. The van der Waals surface area contributed by atoms with Gasteiger partial charge in [0.25, 0.3) is 0 Å². The second-order valence-corrected chi connectivity index (χ2v) is 2.94. The molecule has 0 fully saturated rings. The van der Waals surface area contributed by atoms with Crippen LogP contribution in [0.4, 0.5) is 0 Å². The molecular weight excluding hydrogens is 160 g/mol. The number of nitrogens with zero attached hydrogens (tertiary/aromatic N) is 1. The lowest BCUT2D eigenvalue weighted by Gasteiger charge is -2.07. The molecule has 1 aromatic heterocycles. The Bertz CT molecular complexity index is 237. The molecule has 0 aromatic carbocycles. The molecular formula is C8H11ClN2. The van der Waals surface area contributed by atoms with Gasteiger partial charge in [-0.25, -0.2) is 4.98 Å². The summed E-state index contributed by atoms with van der Waals surface area (Å²) in [5, 5.41) is 0.530. The average molecular weight is 171 g/mol. The van der Waals surface area contributed by atoms with Crippen LogP contribution in [-0.2, 0) is 0 Å². The first-order chi connectivity index (χ1) is 5.24. The highest BCUT2D eigenvalue weighted by Gasteiger charge is 2.02. The largest absolute Gasteiger partial charge is 0.330 e. The first-order valence-electron chi connectivity index (χ1n) is 3.55. The van der Waals surface area contributed by atoms with E-state index in [-0.39, 0.29) is 0 Å². The Hall–Kier alpha value is -0.600. The Morgan fingerprint density at radius 3 is 3.00 bits per heavy atom. The first kappa shape index (κ1) is 8.50. The van der Waals surface area contributed by atoms with Gasteiger partial charge in [0.2, 0.25) is 0 Å². The van der Waals surface area contributed by atoms with Gasteiger partial charge in [-0.05, 0) is 30.2 Å². The van der Waals surface area contributed by atoms with Gasteiger partial charge in [0.1, 0.15) is 5.15 Å². The fraction of sp³-hybridized carbons (Fsp3) is 0.375. The predicted molar refractivity (Wildman–Crippen MR) is 46.7 cm³/mol. The lowest BCUT2D eigenvalue weighted by Crippen LogP contribution is -2.08. The van der Waals surface area contributed by atoms with E-state index in [0.717, 1.165) is 5.56 Å². The van der Waals surface area contributed by atoms with E-state index >= 15 is 0 Å². The van der Waals surface area contributed by atoms with Gasteiger partial charge in [-0.3, -0.25) is 0 Å². The highest BCUT2D eigenvalue weighted by molar-refractivity contribution is 6.29. The van der Waals surface area contributed by atoms with Gasteiger partial charge in [-0.1, -0.05) is 18.5 Å². The van der Waals surface area contributed by atoms with E-state index in [4.69, 9.17) is 17.3 Å². The number of pyridine rings is 1. The zero-order valence-corrected chi connectivity index (χ0v) is 7.17. The van der Waals surface area contributed by atoms with E-state index in [0.29, 0.717) is 17.6 Å². The molecule has 1 unspecified atom stereocenters. The quantitative estimate of drug-likeness (QED) is 0.688. The monoisotopic (exact) mass is 170 g/mol. The van der Waals surface area contributed by atoms with Gasteiger partial charge < -0.3 is 5.73 Å². The van der Waals surface area contributed by atoms with Crippen LogP contribution >= 0.6 is 11.6 Å². The van der Waals surface area contributed by atoms with E-state index in [9.17, 15) is 0 Å². The maximum Gasteiger partial charge on any atom is 0.129 e. The number of aromatic nitrogens is 1. The van der Waals surface area contributed by atoms with Gasteiger partial charge >= 0.3 is 0 Å². The number of nitrogens with two attached hydrogens (primary N) is 1. The van der Waals surface area contributed by atoms with Crippen LogP contribution in [0.2, 0.25) is 5.15 Å². The summed E-state index contributed by atoms with van der Waals surface area (Å²) >= 11 is 5.69. The standard InChI is InChI=1S/C8H11ClN2/c1-6(5-10)7-2-3-11-8(9)4-7/h2-4,6H,5,10H2,1H3. The SMILES string of the molecule is CC(CN)c1ccnc(Cl)c1. The number of halogens is 1. The van der Waals surface area contributed by atoms with Crippen molar-refractivity contribution in [3.8, 4) is 0 Å². The Kier molecular flexibility index (Phi) is 2.85. The second-order valence-electron chi connectivity index (χ2n) is 2.55. The average Bonchev–Trinajstić information content (AvgIpc) is 2.03. The Balaban J connectivity index is 2.86. The summed E-state index contributed by atoms with van der Waals surface area (Å²) in [6.07, 6.45) is 1.70. The van der Waals surface area contributed by atoms with Crippen LogP contribution in [0.15, 0.2) is 18.3 Å². The predicted octanol–water partition coefficient (Wildman–Crippen LogP) is 1.80. The molecule has 1 heterocycles. The maximum atomic E-state index is 5.69. The minimum Gasteiger partial charge on any atom is -0.330 e. The van der Waals surface area contributed by atoms with Crippen molar-refractivity contribution in [1.82, 2.24) is 4.98 Å². The van der Waals surface area contributed by atoms with Crippen LogP contribution in [-0.4, -0.2) is 11.5 Å². The molecule has 2 nitrogen and oxygen atoms in total. The fourth-order valence-corrected chi connectivity index (χ4v) is 1.04. The summed E-state index contributed by atoms with van der Waals surface area (Å²) in [7, 11) is 0. The summed E-state index contributed by atoms with van der Waals surface area (Å²) in [5.41, 5.74) is 6.64. The highest BCUT2D eigenvalue weighted by atomic mass is 35.5. The molecule has 0 saturated heterocycles. The molecule has 1 aromatic rings. The fourth-order valence-electron chi connectivity index (χ4n) is 0.860. The van der Waals surface area contributed by atoms with Gasteiger partial charge in [0.15, 0.2) is 0 Å². The third kappa shape index (κ3) is 2.17. The summed E-state index contributed by atoms with van der Waals surface area (Å²) in [6, 6.07) is 3.78. The number of hydrogen-bond donors (Lipinski definition) is 1. The molecule has 60 valence electrons. The van der Waals surface area contributed by atoms with Crippen LogP contribution in [0.25, 0.3) is 0 Å². The number of rotatable bonds is 2. The van der Waals surface area contributed by atoms with E-state index < -0.39 is 0 Å². The molecule has 3 heteroatoms. The smallest absolute Gasteiger partial charge is 0.129 e. The van der Waals surface area contributed by atoms with Gasteiger partial charge in [-0.15, -0.1) is 0 Å². The van der Waals surface area contributed by atoms with E-state index in [1.165, 1.54) is 0 Å². The van der Waals surface area contributed by atoms with Crippen LogP contribution in [0.3, 0.4) is 0 Å². The zero-order valence-electron chi connectivity index (χ0n) is 6.42. The first-order valence-corrected chi connectivity index (χ1v) is 3.93. The molecule has 0 spiro atoms. The van der Waals surface area contributed by atoms with Gasteiger partial charge in [0.05, 0.1) is 0 Å². The zero-order chi connectivity index (χ0) is 8.27. The topological polar surface area (TPSA) is 38.9 Å². The normalized spacial score (nSPS) is 13.0. The second kappa shape index (κ2) is 3.69. The maximum absolute atomic E-state index is 5.69. The Morgan fingerprint density at radius 2 is 2.45 bits per heavy atom. The lowest BCUT2D eigenvalue weighted by atomic mass is 10.0. The van der Waals surface area contributed by atoms with Gasteiger partial charge in [-0.2, -0.15) is 0 Å². The van der Waals surface area contributed by atoms with Crippen molar-refractivity contribution in [1.29, 1.82) is 0 Å². The van der Waals surface area contributed by atoms with Crippen LogP contribution < -0.4 is 5.73 Å². The third-order valence-corrected chi connectivity index (χ3v) is 1.88. The Morgan fingerprint density at radius 1 is 1.73 bits per heavy atom. The van der Waals surface area contributed by atoms with Gasteiger partial charge in [0, 0.05) is 6.20 Å². The number of hydrogen-bond acceptors (Lipinski definition) is 2. The molecule has 1 rings (SSSR count). The Labute approximate surface area is 71.4 Å². The molecule has 0 amide bonds. The van der Waals surface area contributed by atoms with Crippen molar-refractivity contribution in [3.05, 3.63) is 29.0 Å². The molecule has 0 aliphatic rings. The molecule has 0 aliphatic heterocycles. The van der Waals surface area contributed by atoms with Crippen molar-refractivity contribution in [2.45, 2.75) is 12.8 Å². The van der Waals surface area contributed by atoms with Crippen LogP contribution in [0.5, 0.6) is 0 Å². The summed E-state index contributed by atoms with van der Waals surface area (Å²) in [6.45, 7) is 2.70. The van der Waals surface area contributed by atoms with Crippen molar-refractivity contribution < 1.29 is 0 Å². The summed E-state index contributed by atoms with van der Waals surface area (Å²) in [5.74, 6) is 0.357. The van der Waals surface area contributed by atoms with Crippen LogP contribution in [0, 0.1) is 0 Å². The summed E-state index contributed by atoms with van der Waals surface area (Å²) in [4.78, 5) is 3.88. The van der Waals surface area contributed by atoms with Crippen LogP contribution in [0.1, 0.15) is 18.4 Å². The van der Waals surface area contributed by atoms with Crippen molar-refractivity contribution in [2.24, 2.45) is 5.73 Å². The molecule has 2 N–H and O–H groups in total. The van der Waals surface area contributed by atoms with E-state index in [2.05, 4.69) is 11.9 Å². The molecule has 0 radical (unpaired) electrons. The third-order valence-electron chi connectivity index (χ3n) is 1.67. The molecule has 11 heavy (non-hydrogen) atoms. The van der Waals surface area contributed by atoms with Crippen molar-refractivity contribution in [3.63, 3.8) is 0 Å². The van der Waals surface area contributed by atoms with Crippen molar-refractivity contribution >= 4 is 11.6 Å². The van der Waals surface area contributed by atoms with E-state index in [1.807, 2.05) is 12.1 Å². The minimum absolute atomic E-state index is 0.357. The van der Waals surface area contributed by atoms with E-state index in [1.54, 1.807) is 6.20 Å². The minimum atomic E-state index is 0.357. The molecule has 0 bridgehead atoms. The highest BCUT2D eigenvalue weighted by Crippen LogP contribution is 2.15. The molecule has 0 aliphatic carbocycles. The summed E-state index contributed by atoms with van der Waals surface area (Å²) < 4.78 is 0. The lowest BCUT2D eigenvalue weighted by molar-refractivity contribution is 0.772. The molecule has 1 atom stereocenters. The van der Waals surface area contributed by atoms with Crippen molar-refractivity contribution in [2.75, 3.05) is 6.54 Å².